The first-order chi connectivity index (χ1) is 5.94. The maximum atomic E-state index is 11.6. The average molecular weight is 420 g/mol. The van der Waals surface area contributed by atoms with E-state index in [4.69, 9.17) is 0 Å². The molecule has 0 aliphatic heterocycles. The lowest BCUT2D eigenvalue weighted by Crippen LogP contribution is -2.12. The molecule has 1 aromatic rings. The summed E-state index contributed by atoms with van der Waals surface area (Å²) in [6, 6.07) is 6.91. The molecule has 0 fully saturated rings. The Morgan fingerprint density at radius 1 is 1.15 bits per heavy atom. The lowest BCUT2D eigenvalue weighted by Gasteiger charge is -2.02. The maximum Gasteiger partial charge on any atom is 0.433 e. The molecule has 0 atom stereocenters. The number of halogens is 2. The second-order valence-corrected chi connectivity index (χ2v) is 11.2. The summed E-state index contributed by atoms with van der Waals surface area (Å²) in [5.41, 5.74) is 1.07. The van der Waals surface area contributed by atoms with E-state index < -0.39 is 11.4 Å². The molecule has 0 unspecified atom stereocenters. The number of hydrogen-bond acceptors (Lipinski definition) is 2. The third-order valence-electron chi connectivity index (χ3n) is 1.58. The highest BCUT2D eigenvalue weighted by Crippen LogP contribution is 2.21. The Labute approximate surface area is 105 Å². The van der Waals surface area contributed by atoms with Crippen LogP contribution in [0.2, 0.25) is 0 Å². The van der Waals surface area contributed by atoms with Gasteiger partial charge in [0.25, 0.3) is 0 Å². The summed E-state index contributed by atoms with van der Waals surface area (Å²) in [5, 5.41) is 0. The minimum atomic E-state index is -3.12. The van der Waals surface area contributed by atoms with Crippen LogP contribution in [0.3, 0.4) is 0 Å². The largest absolute Gasteiger partial charge is 0.433 e. The summed E-state index contributed by atoms with van der Waals surface area (Å²) in [4.78, 5) is 0.395. The smallest absolute Gasteiger partial charge is 0.234 e. The Morgan fingerprint density at radius 2 is 1.62 bits per heavy atom. The molecular weight excluding hydrogens is 413 g/mol. The minimum Gasteiger partial charge on any atom is -0.234 e. The molecule has 0 saturated carbocycles. The van der Waals surface area contributed by atoms with E-state index in [-0.39, 0.29) is 0 Å². The molecule has 0 aliphatic carbocycles. The van der Waals surface area contributed by atoms with Crippen molar-refractivity contribution in [2.24, 2.45) is 0 Å². The van der Waals surface area contributed by atoms with Crippen LogP contribution in [-0.2, 0) is 9.69 Å². The van der Waals surface area contributed by atoms with Crippen LogP contribution in [0.15, 0.2) is 29.2 Å². The van der Waals surface area contributed by atoms with E-state index in [1.807, 2.05) is 63.8 Å². The molecule has 0 heterocycles. The van der Waals surface area contributed by atoms with Crippen molar-refractivity contribution in [2.45, 2.75) is 11.8 Å². The van der Waals surface area contributed by atoms with Gasteiger partial charge in [0.15, 0.2) is 9.69 Å². The topological polar surface area (TPSA) is 34.1 Å². The van der Waals surface area contributed by atoms with E-state index in [0.717, 1.165) is 5.56 Å². The Kier molecular flexibility index (Phi) is 4.05. The second-order valence-electron chi connectivity index (χ2n) is 2.62. The van der Waals surface area contributed by atoms with Gasteiger partial charge in [0.2, 0.25) is 0 Å². The summed E-state index contributed by atoms with van der Waals surface area (Å²) in [7, 11) is -3.12. The first-order valence-corrected chi connectivity index (χ1v) is 7.57. The maximum absolute atomic E-state index is 11.6. The lowest BCUT2D eigenvalue weighted by atomic mass is 10.2. The molecule has 1 rings (SSSR count). The van der Waals surface area contributed by atoms with E-state index in [1.165, 1.54) is 0 Å². The highest BCUT2D eigenvalue weighted by Gasteiger charge is 2.26. The molecule has 0 radical (unpaired) electrons. The third kappa shape index (κ3) is 2.82. The summed E-state index contributed by atoms with van der Waals surface area (Å²) < 4.78 is 22.8. The van der Waals surface area contributed by atoms with Gasteiger partial charge in [0.05, 0.1) is 4.90 Å². The fourth-order valence-electron chi connectivity index (χ4n) is 0.831. The first kappa shape index (κ1) is 11.8. The van der Waals surface area contributed by atoms with Crippen LogP contribution in [-0.4, -0.2) is 10.1 Å². The van der Waals surface area contributed by atoms with Crippen LogP contribution in [0.1, 0.15) is 5.56 Å². The predicted molar refractivity (Wildman–Crippen MR) is 72.2 cm³/mol. The van der Waals surface area contributed by atoms with E-state index >= 15 is 0 Å². The number of aryl methyl sites for hydroxylation is 1. The van der Waals surface area contributed by atoms with Crippen LogP contribution in [0, 0.1) is 6.92 Å². The summed E-state index contributed by atoms with van der Waals surface area (Å²) >= 11 is 3.79. The Bertz CT molecular complexity index is 385. The lowest BCUT2D eigenvalue weighted by molar-refractivity contribution is 0.609. The Balaban J connectivity index is 3.17. The van der Waals surface area contributed by atoms with Crippen LogP contribution >= 0.6 is 44.7 Å². The molecule has 0 amide bonds. The van der Waals surface area contributed by atoms with Gasteiger partial charge >= 0.3 is 1.70 Å². The van der Waals surface area contributed by atoms with Crippen LogP contribution in [0.25, 0.3) is 0 Å². The van der Waals surface area contributed by atoms with Crippen molar-refractivity contribution in [2.75, 3.05) is 0 Å². The fraction of sp³-hybridized carbons (Fsp3) is 0.143. The molecule has 0 bridgehead atoms. The standard InChI is InChI=1S/C7H7BI2O2S/c1-6-2-4-7(5-3-6)13(11,12)8(9)10/h2-5H,1H3. The fourth-order valence-corrected chi connectivity index (χ4v) is 3.31. The van der Waals surface area contributed by atoms with Crippen LogP contribution in [0.5, 0.6) is 0 Å². The summed E-state index contributed by atoms with van der Waals surface area (Å²) in [6.07, 6.45) is 0. The Morgan fingerprint density at radius 3 is 2.00 bits per heavy atom. The molecule has 6 heteroatoms. The van der Waals surface area contributed by atoms with Crippen molar-refractivity contribution in [3.8, 4) is 0 Å². The van der Waals surface area contributed by atoms with Gasteiger partial charge in [0, 0.05) is 0 Å². The zero-order valence-corrected chi connectivity index (χ0v) is 12.0. The van der Waals surface area contributed by atoms with Crippen LogP contribution < -0.4 is 0 Å². The van der Waals surface area contributed by atoms with E-state index in [2.05, 4.69) is 0 Å². The highest BCUT2D eigenvalue weighted by molar-refractivity contribution is 14.3. The third-order valence-corrected chi connectivity index (χ3v) is 7.00. The molecule has 0 aromatic heterocycles. The zero-order valence-electron chi connectivity index (χ0n) is 6.87. The molecule has 0 saturated heterocycles. The molecule has 0 spiro atoms. The van der Waals surface area contributed by atoms with Crippen molar-refractivity contribution >= 4 is 56.1 Å². The average Bonchev–Trinajstić information content (AvgIpc) is 2.04. The van der Waals surface area contributed by atoms with Crippen molar-refractivity contribution in [1.29, 1.82) is 0 Å². The van der Waals surface area contributed by atoms with Gasteiger partial charge in [-0.1, -0.05) is 17.7 Å². The van der Waals surface area contributed by atoms with E-state index in [1.54, 1.807) is 12.1 Å². The van der Waals surface area contributed by atoms with Crippen molar-refractivity contribution in [1.82, 2.24) is 0 Å². The van der Waals surface area contributed by atoms with Gasteiger partial charge in [-0.05, 0) is 19.1 Å². The van der Waals surface area contributed by atoms with Gasteiger partial charge in [0.1, 0.15) is 0 Å². The van der Waals surface area contributed by atoms with Crippen molar-refractivity contribution in [3.63, 3.8) is 0 Å². The van der Waals surface area contributed by atoms with Gasteiger partial charge in [-0.25, -0.2) is 8.42 Å². The van der Waals surface area contributed by atoms with Gasteiger partial charge < -0.3 is 0 Å². The number of benzene rings is 1. The zero-order chi connectivity index (χ0) is 10.1. The quantitative estimate of drug-likeness (QED) is 0.545. The van der Waals surface area contributed by atoms with Gasteiger partial charge in [-0.3, -0.25) is 0 Å². The predicted octanol–water partition coefficient (Wildman–Crippen LogP) is 2.62. The molecule has 0 N–H and O–H groups in total. The SMILES string of the molecule is Cc1ccc(S(=O)(=O)B(I)I)cc1. The summed E-state index contributed by atoms with van der Waals surface area (Å²) in [6.45, 7) is 1.93. The Hall–Kier alpha value is 0.695. The van der Waals surface area contributed by atoms with E-state index in [0.29, 0.717) is 4.90 Å². The normalized spacial score (nSPS) is 11.3. The van der Waals surface area contributed by atoms with Crippen molar-refractivity contribution in [3.05, 3.63) is 29.8 Å². The first-order valence-electron chi connectivity index (χ1n) is 3.53. The van der Waals surface area contributed by atoms with Crippen LogP contribution in [0.4, 0.5) is 0 Å². The summed E-state index contributed by atoms with van der Waals surface area (Å²) in [5.74, 6) is 0. The molecule has 70 valence electrons. The monoisotopic (exact) mass is 420 g/mol. The van der Waals surface area contributed by atoms with E-state index in [9.17, 15) is 8.42 Å². The highest BCUT2D eigenvalue weighted by atomic mass is 127. The molecule has 0 aliphatic rings. The van der Waals surface area contributed by atoms with Gasteiger partial charge in [-0.2, -0.15) is 0 Å². The second kappa shape index (κ2) is 4.48. The molecular formula is C7H7BI2O2S. The molecule has 2 nitrogen and oxygen atoms in total. The van der Waals surface area contributed by atoms with Crippen molar-refractivity contribution < 1.29 is 8.42 Å². The number of rotatable bonds is 2. The molecule has 1 aromatic carbocycles. The molecule has 13 heavy (non-hydrogen) atoms. The minimum absolute atomic E-state index is 0.395. The number of hydrogen-bond donors (Lipinski definition) is 0. The van der Waals surface area contributed by atoms with Gasteiger partial charge in [-0.15, -0.1) is 44.7 Å².